The molecule has 0 bridgehead atoms. The Hall–Kier alpha value is -1.03. The fourth-order valence-electron chi connectivity index (χ4n) is 2.18. The summed E-state index contributed by atoms with van der Waals surface area (Å²) in [6.07, 6.45) is 4.86. The van der Waals surface area contributed by atoms with Crippen molar-refractivity contribution in [1.29, 1.82) is 0 Å². The maximum absolute atomic E-state index is 11.8. The molecule has 0 heterocycles. The second kappa shape index (κ2) is 5.54. The number of carbonyl (C=O) groups excluding carboxylic acids is 1. The second-order valence-corrected chi connectivity index (χ2v) is 5.44. The molecule has 1 aliphatic carbocycles. The van der Waals surface area contributed by atoms with Crippen LogP contribution in [0.25, 0.3) is 0 Å². The second-order valence-electron chi connectivity index (χ2n) is 4.52. The van der Waals surface area contributed by atoms with Gasteiger partial charge in [0.2, 0.25) is 0 Å². The molecular weight excluding hydrogens is 282 g/mol. The maximum atomic E-state index is 11.8. The first-order valence-electron chi connectivity index (χ1n) is 5.88. The zero-order chi connectivity index (χ0) is 12.3. The highest BCUT2D eigenvalue weighted by molar-refractivity contribution is 9.10. The highest BCUT2D eigenvalue weighted by Crippen LogP contribution is 2.25. The van der Waals surface area contributed by atoms with Crippen molar-refractivity contribution in [2.24, 2.45) is 5.92 Å². The van der Waals surface area contributed by atoms with E-state index < -0.39 is 0 Å². The largest absolute Gasteiger partial charge is 0.462 e. The lowest BCUT2D eigenvalue weighted by Gasteiger charge is -2.10. The van der Waals surface area contributed by atoms with Gasteiger partial charge in [0.05, 0.1) is 12.2 Å². The first-order valence-corrected chi connectivity index (χ1v) is 6.67. The molecule has 4 heteroatoms. The van der Waals surface area contributed by atoms with E-state index in [2.05, 4.69) is 15.9 Å². The number of ether oxygens (including phenoxy) is 1. The van der Waals surface area contributed by atoms with Crippen LogP contribution in [0.4, 0.5) is 5.69 Å². The molecule has 1 fully saturated rings. The molecule has 0 radical (unpaired) electrons. The summed E-state index contributed by atoms with van der Waals surface area (Å²) in [4.78, 5) is 11.8. The van der Waals surface area contributed by atoms with Gasteiger partial charge in [0.25, 0.3) is 0 Å². The molecule has 2 rings (SSSR count). The molecule has 17 heavy (non-hydrogen) atoms. The van der Waals surface area contributed by atoms with E-state index in [4.69, 9.17) is 10.5 Å². The molecule has 0 saturated heterocycles. The number of hydrogen-bond donors (Lipinski definition) is 1. The van der Waals surface area contributed by atoms with Crippen molar-refractivity contribution >= 4 is 27.6 Å². The molecule has 0 aliphatic heterocycles. The quantitative estimate of drug-likeness (QED) is 0.687. The fourth-order valence-corrected chi connectivity index (χ4v) is 2.70. The maximum Gasteiger partial charge on any atom is 0.338 e. The molecule has 92 valence electrons. The van der Waals surface area contributed by atoms with E-state index in [0.717, 1.165) is 4.47 Å². The van der Waals surface area contributed by atoms with Gasteiger partial charge in [-0.05, 0) is 37.0 Å². The van der Waals surface area contributed by atoms with Gasteiger partial charge in [0.1, 0.15) is 0 Å². The minimum Gasteiger partial charge on any atom is -0.462 e. The summed E-state index contributed by atoms with van der Waals surface area (Å²) in [5.74, 6) is 0.258. The van der Waals surface area contributed by atoms with Crippen LogP contribution in [0, 0.1) is 5.92 Å². The van der Waals surface area contributed by atoms with Crippen LogP contribution in [0.5, 0.6) is 0 Å². The molecule has 3 nitrogen and oxygen atoms in total. The molecule has 2 N–H and O–H groups in total. The molecule has 0 spiro atoms. The van der Waals surface area contributed by atoms with Gasteiger partial charge in [-0.15, -0.1) is 0 Å². The Kier molecular flexibility index (Phi) is 4.05. The number of anilines is 1. The predicted octanol–water partition coefficient (Wildman–Crippen LogP) is 3.38. The molecule has 0 unspecified atom stereocenters. The molecule has 1 aromatic carbocycles. The Morgan fingerprint density at radius 1 is 1.35 bits per heavy atom. The van der Waals surface area contributed by atoms with Gasteiger partial charge >= 0.3 is 5.97 Å². The number of nitrogens with two attached hydrogens (primary N) is 1. The Morgan fingerprint density at radius 3 is 2.71 bits per heavy atom. The van der Waals surface area contributed by atoms with Crippen LogP contribution in [-0.4, -0.2) is 12.6 Å². The first-order chi connectivity index (χ1) is 8.15. The van der Waals surface area contributed by atoms with Crippen molar-refractivity contribution in [3.63, 3.8) is 0 Å². The van der Waals surface area contributed by atoms with Crippen molar-refractivity contribution in [3.8, 4) is 0 Å². The molecule has 0 aromatic heterocycles. The molecule has 0 amide bonds. The Morgan fingerprint density at radius 2 is 2.06 bits per heavy atom. The number of halogens is 1. The SMILES string of the molecule is Nc1cc(Br)cc(C(=O)OCC2CCCC2)c1. The van der Waals surface area contributed by atoms with Gasteiger partial charge in [-0.2, -0.15) is 0 Å². The van der Waals surface area contributed by atoms with Crippen LogP contribution in [0.3, 0.4) is 0 Å². The van der Waals surface area contributed by atoms with Crippen molar-refractivity contribution in [1.82, 2.24) is 0 Å². The van der Waals surface area contributed by atoms with E-state index in [1.54, 1.807) is 18.2 Å². The van der Waals surface area contributed by atoms with Gasteiger partial charge in [-0.1, -0.05) is 28.8 Å². The number of hydrogen-bond acceptors (Lipinski definition) is 3. The molecule has 1 aromatic rings. The fraction of sp³-hybridized carbons (Fsp3) is 0.462. The van der Waals surface area contributed by atoms with E-state index in [0.29, 0.717) is 23.8 Å². The average Bonchev–Trinajstić information content (AvgIpc) is 2.77. The van der Waals surface area contributed by atoms with Crippen LogP contribution >= 0.6 is 15.9 Å². The van der Waals surface area contributed by atoms with Crippen molar-refractivity contribution < 1.29 is 9.53 Å². The van der Waals surface area contributed by atoms with Crippen LogP contribution in [0.2, 0.25) is 0 Å². The van der Waals surface area contributed by atoms with Gasteiger partial charge in [-0.3, -0.25) is 0 Å². The summed E-state index contributed by atoms with van der Waals surface area (Å²) in [7, 11) is 0. The van der Waals surface area contributed by atoms with Gasteiger partial charge in [-0.25, -0.2) is 4.79 Å². The number of rotatable bonds is 3. The standard InChI is InChI=1S/C13H16BrNO2/c14-11-5-10(6-12(15)7-11)13(16)17-8-9-3-1-2-4-9/h5-7,9H,1-4,8,15H2. The van der Waals surface area contributed by atoms with Crippen LogP contribution in [0.1, 0.15) is 36.0 Å². The topological polar surface area (TPSA) is 52.3 Å². The smallest absolute Gasteiger partial charge is 0.338 e. The lowest BCUT2D eigenvalue weighted by atomic mass is 10.1. The van der Waals surface area contributed by atoms with Crippen molar-refractivity contribution in [3.05, 3.63) is 28.2 Å². The predicted molar refractivity (Wildman–Crippen MR) is 70.8 cm³/mol. The summed E-state index contributed by atoms with van der Waals surface area (Å²) in [6.45, 7) is 0.533. The van der Waals surface area contributed by atoms with Crippen molar-refractivity contribution in [2.75, 3.05) is 12.3 Å². The number of nitrogen functional groups attached to an aromatic ring is 1. The molecular formula is C13H16BrNO2. The average molecular weight is 298 g/mol. The summed E-state index contributed by atoms with van der Waals surface area (Å²) in [6, 6.07) is 5.13. The molecule has 0 atom stereocenters. The monoisotopic (exact) mass is 297 g/mol. The van der Waals surface area contributed by atoms with E-state index in [1.165, 1.54) is 25.7 Å². The van der Waals surface area contributed by atoms with Gasteiger partial charge in [0.15, 0.2) is 0 Å². The van der Waals surface area contributed by atoms with E-state index in [9.17, 15) is 4.79 Å². The van der Waals surface area contributed by atoms with E-state index in [1.807, 2.05) is 0 Å². The zero-order valence-corrected chi connectivity index (χ0v) is 11.2. The van der Waals surface area contributed by atoms with E-state index >= 15 is 0 Å². The lowest BCUT2D eigenvalue weighted by molar-refractivity contribution is 0.0442. The minimum atomic E-state index is -0.287. The highest BCUT2D eigenvalue weighted by Gasteiger charge is 2.17. The Labute approximate surface area is 109 Å². The number of carbonyl (C=O) groups is 1. The zero-order valence-electron chi connectivity index (χ0n) is 9.62. The minimum absolute atomic E-state index is 0.287. The highest BCUT2D eigenvalue weighted by atomic mass is 79.9. The summed E-state index contributed by atoms with van der Waals surface area (Å²) >= 11 is 3.31. The van der Waals surface area contributed by atoms with Crippen molar-refractivity contribution in [2.45, 2.75) is 25.7 Å². The van der Waals surface area contributed by atoms with Gasteiger partial charge < -0.3 is 10.5 Å². The third-order valence-electron chi connectivity index (χ3n) is 3.08. The van der Waals surface area contributed by atoms with Gasteiger partial charge in [0, 0.05) is 10.2 Å². The Balaban J connectivity index is 1.94. The lowest BCUT2D eigenvalue weighted by Crippen LogP contribution is -2.12. The van der Waals surface area contributed by atoms with E-state index in [-0.39, 0.29) is 5.97 Å². The summed E-state index contributed by atoms with van der Waals surface area (Å²) in [5.41, 5.74) is 6.75. The normalized spacial score (nSPS) is 16.1. The molecule has 1 aliphatic rings. The third-order valence-corrected chi connectivity index (χ3v) is 3.54. The number of benzene rings is 1. The first kappa shape index (κ1) is 12.4. The summed E-state index contributed by atoms with van der Waals surface area (Å²) in [5, 5.41) is 0. The van der Waals surface area contributed by atoms with Crippen LogP contribution < -0.4 is 5.73 Å². The van der Waals surface area contributed by atoms with Crippen LogP contribution in [0.15, 0.2) is 22.7 Å². The number of esters is 1. The third kappa shape index (κ3) is 3.46. The Bertz CT molecular complexity index is 394. The summed E-state index contributed by atoms with van der Waals surface area (Å²) < 4.78 is 6.10. The molecule has 1 saturated carbocycles. The van der Waals surface area contributed by atoms with Crippen LogP contribution in [-0.2, 0) is 4.74 Å².